The number of aliphatic hydroxyl groups is 1. The lowest BCUT2D eigenvalue weighted by Crippen LogP contribution is -2.61. The van der Waals surface area contributed by atoms with E-state index in [1.165, 1.54) is 13.8 Å². The van der Waals surface area contributed by atoms with Gasteiger partial charge in [0.1, 0.15) is 54.4 Å². The molecule has 15 N–H and O–H groups in total. The minimum Gasteiger partial charge on any atom is -0.481 e. The second kappa shape index (κ2) is 30.6. The molecule has 1 heterocycles. The fourth-order valence-electron chi connectivity index (χ4n) is 7.48. The first-order chi connectivity index (χ1) is 32.6. The quantitative estimate of drug-likeness (QED) is 0.0318. The van der Waals surface area contributed by atoms with Crippen LogP contribution in [0.25, 0.3) is 0 Å². The van der Waals surface area contributed by atoms with Crippen LogP contribution in [-0.4, -0.2) is 164 Å². The van der Waals surface area contributed by atoms with Gasteiger partial charge in [-0.25, -0.2) is 4.79 Å². The Bertz CT molecular complexity index is 1830. The Kier molecular flexibility index (Phi) is 27.1. The minimum atomic E-state index is -1.57. The van der Waals surface area contributed by atoms with Gasteiger partial charge in [0.25, 0.3) is 0 Å². The molecule has 0 aromatic heterocycles. The summed E-state index contributed by atoms with van der Waals surface area (Å²) in [6.07, 6.45) is -1.93. The molecular formula is C45H78N10O15. The predicted molar refractivity (Wildman–Crippen MR) is 252 cm³/mol. The van der Waals surface area contributed by atoms with Gasteiger partial charge in [0.05, 0.1) is 6.10 Å². The molecule has 0 saturated carbocycles. The minimum absolute atomic E-state index is 0.00367. The van der Waals surface area contributed by atoms with Crippen LogP contribution in [-0.2, 0) is 52.7 Å². The first kappa shape index (κ1) is 62.1. The Morgan fingerprint density at radius 2 is 1.04 bits per heavy atom. The van der Waals surface area contributed by atoms with Gasteiger partial charge in [-0.1, -0.05) is 41.5 Å². The maximum atomic E-state index is 14.1. The van der Waals surface area contributed by atoms with Crippen molar-refractivity contribution in [2.75, 3.05) is 13.1 Å². The number of nitrogens with one attached hydrogen (secondary N) is 7. The van der Waals surface area contributed by atoms with Crippen LogP contribution in [0.5, 0.6) is 0 Å². The summed E-state index contributed by atoms with van der Waals surface area (Å²) in [5, 5.41) is 55.8. The van der Waals surface area contributed by atoms with Crippen LogP contribution in [0.1, 0.15) is 126 Å². The maximum absolute atomic E-state index is 14.1. The fraction of sp³-hybridized carbons (Fsp3) is 0.756. The molecule has 1 saturated heterocycles. The Morgan fingerprint density at radius 3 is 1.56 bits per heavy atom. The van der Waals surface area contributed by atoms with Crippen molar-refractivity contribution in [3.63, 3.8) is 0 Å². The van der Waals surface area contributed by atoms with E-state index in [9.17, 15) is 73.2 Å². The molecule has 8 amide bonds. The molecule has 0 bridgehead atoms. The van der Waals surface area contributed by atoms with Crippen molar-refractivity contribution >= 4 is 65.2 Å². The van der Waals surface area contributed by atoms with Crippen molar-refractivity contribution in [3.05, 3.63) is 0 Å². The van der Waals surface area contributed by atoms with E-state index < -0.39 is 157 Å². The molecule has 0 aromatic rings. The third-order valence-corrected chi connectivity index (χ3v) is 11.4. The van der Waals surface area contributed by atoms with Crippen molar-refractivity contribution < 1.29 is 73.2 Å². The van der Waals surface area contributed by atoms with Crippen LogP contribution < -0.4 is 48.7 Å². The largest absolute Gasteiger partial charge is 0.481 e. The highest BCUT2D eigenvalue weighted by molar-refractivity contribution is 5.98. The number of carbonyl (C=O) groups is 11. The highest BCUT2D eigenvalue weighted by atomic mass is 16.4. The highest BCUT2D eigenvalue weighted by Crippen LogP contribution is 2.21. The van der Waals surface area contributed by atoms with E-state index in [0.29, 0.717) is 19.3 Å². The van der Waals surface area contributed by atoms with Gasteiger partial charge in [0.2, 0.25) is 47.3 Å². The van der Waals surface area contributed by atoms with E-state index in [0.717, 1.165) is 4.90 Å². The number of carbonyl (C=O) groups excluding carboxylic acids is 8. The van der Waals surface area contributed by atoms with Crippen molar-refractivity contribution in [1.29, 1.82) is 0 Å². The Hall–Kier alpha value is -5.95. The Balaban J connectivity index is 3.37. The zero-order chi connectivity index (χ0) is 53.6. The molecule has 0 radical (unpaired) electrons. The molecule has 10 atom stereocenters. The van der Waals surface area contributed by atoms with Gasteiger partial charge >= 0.3 is 17.9 Å². The standard InChI is InChI=1S/C45H78N10O15/c1-22(2)20-30(52-42(66)35(47)26(8)56)40(64)51-29(15-17-34(59)60)44(68)55-19-11-13-32(55)41(65)54-36(24(5)6)43(67)50-28(14-16-33(57)58)39(63)49-27(12-9-10-18-46)38(62)48-25(7)37(61)53-31(45(69)70)21-23(3)4/h22-32,35-36,56H,9-21,46-47H2,1-8H3,(H,48,62)(H,49,63)(H,50,67)(H,51,64)(H,52,66)(H,53,61)(H,54,65)(H,57,58)(H,59,60)(H,69,70)/t25-,26+,27-,28-,29-,30-,31-,32-,35-,36-/m0/s1. The molecule has 1 aliphatic heterocycles. The molecular weight excluding hydrogens is 921 g/mol. The molecule has 1 rings (SSSR count). The number of amides is 8. The zero-order valence-electron chi connectivity index (χ0n) is 41.6. The molecule has 1 aliphatic rings. The molecule has 0 aliphatic carbocycles. The molecule has 25 nitrogen and oxygen atoms in total. The third kappa shape index (κ3) is 21.8. The average molecular weight is 999 g/mol. The first-order valence-corrected chi connectivity index (χ1v) is 23.8. The van der Waals surface area contributed by atoms with Gasteiger partial charge < -0.3 is 74.0 Å². The van der Waals surface area contributed by atoms with Crippen LogP contribution in [0.15, 0.2) is 0 Å². The van der Waals surface area contributed by atoms with Gasteiger partial charge in [-0.15, -0.1) is 0 Å². The number of aliphatic hydroxyl groups excluding tert-OH is 1. The molecule has 0 unspecified atom stereocenters. The highest BCUT2D eigenvalue weighted by Gasteiger charge is 2.41. The van der Waals surface area contributed by atoms with Gasteiger partial charge in [-0.05, 0) is 95.9 Å². The lowest BCUT2D eigenvalue weighted by molar-refractivity contribution is -0.144. The van der Waals surface area contributed by atoms with Crippen LogP contribution in [0.3, 0.4) is 0 Å². The third-order valence-electron chi connectivity index (χ3n) is 11.4. The maximum Gasteiger partial charge on any atom is 0.326 e. The second-order valence-corrected chi connectivity index (χ2v) is 19.0. The fourth-order valence-corrected chi connectivity index (χ4v) is 7.48. The summed E-state index contributed by atoms with van der Waals surface area (Å²) in [5.74, 6) is -11.6. The van der Waals surface area contributed by atoms with E-state index in [2.05, 4.69) is 37.2 Å². The summed E-state index contributed by atoms with van der Waals surface area (Å²) in [5.41, 5.74) is 11.4. The average Bonchev–Trinajstić information content (AvgIpc) is 3.76. The lowest BCUT2D eigenvalue weighted by Gasteiger charge is -2.32. The van der Waals surface area contributed by atoms with Crippen LogP contribution in [0, 0.1) is 17.8 Å². The number of aliphatic carboxylic acids is 3. The molecule has 1 fully saturated rings. The van der Waals surface area contributed by atoms with Crippen molar-refractivity contribution in [2.24, 2.45) is 29.2 Å². The molecule has 398 valence electrons. The number of nitrogens with zero attached hydrogens (tertiary/aromatic N) is 1. The summed E-state index contributed by atoms with van der Waals surface area (Å²) in [6.45, 7) is 13.1. The first-order valence-electron chi connectivity index (χ1n) is 23.8. The van der Waals surface area contributed by atoms with Gasteiger partial charge in [-0.3, -0.25) is 47.9 Å². The van der Waals surface area contributed by atoms with E-state index >= 15 is 0 Å². The number of unbranched alkanes of at least 4 members (excludes halogenated alkanes) is 1. The van der Waals surface area contributed by atoms with Gasteiger partial charge in [0.15, 0.2) is 0 Å². The van der Waals surface area contributed by atoms with E-state index in [4.69, 9.17) is 11.5 Å². The van der Waals surface area contributed by atoms with Crippen LogP contribution in [0.4, 0.5) is 0 Å². The number of carboxylic acid groups (broad SMARTS) is 3. The summed E-state index contributed by atoms with van der Waals surface area (Å²) < 4.78 is 0. The number of nitrogens with two attached hydrogens (primary N) is 2. The van der Waals surface area contributed by atoms with E-state index in [1.54, 1.807) is 41.5 Å². The van der Waals surface area contributed by atoms with Crippen molar-refractivity contribution in [1.82, 2.24) is 42.1 Å². The normalized spacial score (nSPS) is 17.4. The zero-order valence-corrected chi connectivity index (χ0v) is 41.6. The Morgan fingerprint density at radius 1 is 0.571 bits per heavy atom. The topological polar surface area (TPSA) is 408 Å². The molecule has 25 heteroatoms. The van der Waals surface area contributed by atoms with Crippen LogP contribution >= 0.6 is 0 Å². The van der Waals surface area contributed by atoms with E-state index in [-0.39, 0.29) is 50.6 Å². The van der Waals surface area contributed by atoms with Gasteiger partial charge in [0, 0.05) is 19.4 Å². The SMILES string of the molecule is CC(C)C[C@H](NC(=O)[C@H](C)NC(=O)[C@H](CCCCN)NC(=O)[C@H](CCC(=O)O)NC(=O)[C@@H](NC(=O)[C@@H]1CCCN1C(=O)[C@H](CCC(=O)O)NC(=O)[C@H](CC(C)C)NC(=O)[C@@H](N)[C@@H](C)O)C(C)C)C(=O)O. The lowest BCUT2D eigenvalue weighted by atomic mass is 10.0. The summed E-state index contributed by atoms with van der Waals surface area (Å²) in [6, 6.07) is -12.1. The smallest absolute Gasteiger partial charge is 0.326 e. The van der Waals surface area contributed by atoms with Crippen molar-refractivity contribution in [3.8, 4) is 0 Å². The van der Waals surface area contributed by atoms with E-state index in [1.807, 2.05) is 0 Å². The summed E-state index contributed by atoms with van der Waals surface area (Å²) in [4.78, 5) is 145. The summed E-state index contributed by atoms with van der Waals surface area (Å²) >= 11 is 0. The molecule has 70 heavy (non-hydrogen) atoms. The number of carboxylic acids is 3. The number of rotatable bonds is 32. The number of hydrogen-bond acceptors (Lipinski definition) is 14. The molecule has 0 spiro atoms. The Labute approximate surface area is 408 Å². The van der Waals surface area contributed by atoms with Crippen LogP contribution in [0.2, 0.25) is 0 Å². The number of hydrogen-bond donors (Lipinski definition) is 13. The van der Waals surface area contributed by atoms with Gasteiger partial charge in [-0.2, -0.15) is 0 Å². The molecule has 0 aromatic carbocycles. The van der Waals surface area contributed by atoms with Crippen molar-refractivity contribution in [2.45, 2.75) is 186 Å². The monoisotopic (exact) mass is 999 g/mol. The summed E-state index contributed by atoms with van der Waals surface area (Å²) in [7, 11) is 0. The number of likely N-dealkylation sites (tertiary alicyclic amines) is 1. The predicted octanol–water partition coefficient (Wildman–Crippen LogP) is -2.21. The second-order valence-electron chi connectivity index (χ2n) is 19.0.